The molecule has 0 aliphatic carbocycles. The second-order valence-electron chi connectivity index (χ2n) is 4.49. The molecule has 0 bridgehead atoms. The van der Waals surface area contributed by atoms with Crippen molar-refractivity contribution in [2.45, 2.75) is 6.92 Å². The van der Waals surface area contributed by atoms with Crippen molar-refractivity contribution in [1.82, 2.24) is 20.0 Å². The van der Waals surface area contributed by atoms with Gasteiger partial charge in [0.05, 0.1) is 11.9 Å². The number of pyridine rings is 1. The number of nitrogens with zero attached hydrogens (tertiary/aromatic N) is 4. The SMILES string of the molecule is Cc1ccnc(-c2[c-]ccc(-c3cn(C)nn3)c2)c1.[Ir]. The second kappa shape index (κ2) is 6.07. The van der Waals surface area contributed by atoms with E-state index < -0.39 is 0 Å². The van der Waals surface area contributed by atoms with Gasteiger partial charge < -0.3 is 4.98 Å². The first kappa shape index (κ1) is 14.6. The summed E-state index contributed by atoms with van der Waals surface area (Å²) < 4.78 is 1.69. The first-order valence-corrected chi connectivity index (χ1v) is 6.04. The Morgan fingerprint density at radius 1 is 1.15 bits per heavy atom. The summed E-state index contributed by atoms with van der Waals surface area (Å²) in [5.41, 5.74) is 4.94. The molecule has 2 heterocycles. The van der Waals surface area contributed by atoms with Crippen molar-refractivity contribution in [3.05, 3.63) is 54.4 Å². The molecule has 3 rings (SSSR count). The molecule has 0 saturated heterocycles. The van der Waals surface area contributed by atoms with E-state index >= 15 is 0 Å². The topological polar surface area (TPSA) is 43.6 Å². The standard InChI is InChI=1S/C15H13N4.Ir/c1-11-6-7-16-14(8-11)12-4-3-5-13(9-12)15-10-19(2)18-17-15;/h3,5-10H,1-2H3;/q-1;. The Kier molecular flexibility index (Phi) is 4.42. The molecule has 1 aromatic carbocycles. The first-order chi connectivity index (χ1) is 9.22. The minimum atomic E-state index is 0. The predicted octanol–water partition coefficient (Wildman–Crippen LogP) is 2.65. The van der Waals surface area contributed by atoms with Crippen LogP contribution in [0.5, 0.6) is 0 Å². The van der Waals surface area contributed by atoms with Crippen LogP contribution in [0, 0.1) is 13.0 Å². The molecule has 0 atom stereocenters. The quantitative estimate of drug-likeness (QED) is 0.575. The molecule has 2 aromatic heterocycles. The fourth-order valence-electron chi connectivity index (χ4n) is 1.94. The Morgan fingerprint density at radius 3 is 2.70 bits per heavy atom. The molecule has 0 aliphatic rings. The van der Waals surface area contributed by atoms with Crippen LogP contribution in [0.15, 0.2) is 42.7 Å². The van der Waals surface area contributed by atoms with Crippen LogP contribution < -0.4 is 0 Å². The van der Waals surface area contributed by atoms with Gasteiger partial charge in [-0.1, -0.05) is 22.4 Å². The fourth-order valence-corrected chi connectivity index (χ4v) is 1.94. The average Bonchev–Trinajstić information content (AvgIpc) is 2.86. The van der Waals surface area contributed by atoms with Crippen molar-refractivity contribution in [3.63, 3.8) is 0 Å². The first-order valence-electron chi connectivity index (χ1n) is 6.04. The molecule has 103 valence electrons. The molecular weight excluding hydrogens is 428 g/mol. The van der Waals surface area contributed by atoms with E-state index in [1.807, 2.05) is 49.8 Å². The number of rotatable bonds is 2. The third-order valence-electron chi connectivity index (χ3n) is 2.89. The normalized spacial score (nSPS) is 10.1. The van der Waals surface area contributed by atoms with E-state index in [0.717, 1.165) is 22.5 Å². The molecule has 1 radical (unpaired) electrons. The summed E-state index contributed by atoms with van der Waals surface area (Å²) >= 11 is 0. The van der Waals surface area contributed by atoms with Gasteiger partial charge >= 0.3 is 0 Å². The molecule has 20 heavy (non-hydrogen) atoms. The molecule has 0 amide bonds. The largest absolute Gasteiger partial charge is 0.305 e. The number of benzene rings is 1. The van der Waals surface area contributed by atoms with E-state index in [4.69, 9.17) is 0 Å². The van der Waals surface area contributed by atoms with Crippen molar-refractivity contribution in [1.29, 1.82) is 0 Å². The van der Waals surface area contributed by atoms with Crippen LogP contribution in [-0.2, 0) is 27.2 Å². The summed E-state index contributed by atoms with van der Waals surface area (Å²) in [6.45, 7) is 2.05. The Labute approximate surface area is 131 Å². The van der Waals surface area contributed by atoms with Crippen molar-refractivity contribution < 1.29 is 20.1 Å². The van der Waals surface area contributed by atoms with Gasteiger partial charge in [-0.3, -0.25) is 4.68 Å². The monoisotopic (exact) mass is 442 g/mol. The number of hydrogen-bond acceptors (Lipinski definition) is 3. The van der Waals surface area contributed by atoms with Crippen LogP contribution in [0.1, 0.15) is 5.56 Å². The van der Waals surface area contributed by atoms with E-state index in [-0.39, 0.29) is 20.1 Å². The zero-order valence-corrected chi connectivity index (χ0v) is 13.6. The molecule has 4 nitrogen and oxygen atoms in total. The maximum atomic E-state index is 4.38. The molecule has 0 fully saturated rings. The van der Waals surface area contributed by atoms with Crippen LogP contribution in [-0.4, -0.2) is 20.0 Å². The zero-order chi connectivity index (χ0) is 13.2. The third kappa shape index (κ3) is 3.00. The van der Waals surface area contributed by atoms with Crippen LogP contribution in [0.4, 0.5) is 0 Å². The van der Waals surface area contributed by atoms with Gasteiger partial charge in [0.1, 0.15) is 0 Å². The number of hydrogen-bond donors (Lipinski definition) is 0. The minimum absolute atomic E-state index is 0. The summed E-state index contributed by atoms with van der Waals surface area (Å²) in [6.07, 6.45) is 3.70. The molecule has 5 heteroatoms. The van der Waals surface area contributed by atoms with Gasteiger partial charge in [0, 0.05) is 33.3 Å². The van der Waals surface area contributed by atoms with Crippen LogP contribution in [0.2, 0.25) is 0 Å². The molecule has 0 aliphatic heterocycles. The summed E-state index contributed by atoms with van der Waals surface area (Å²) in [4.78, 5) is 4.38. The maximum absolute atomic E-state index is 4.38. The van der Waals surface area contributed by atoms with Crippen molar-refractivity contribution in [2.24, 2.45) is 7.05 Å². The Morgan fingerprint density at radius 2 is 2.00 bits per heavy atom. The number of aromatic nitrogens is 4. The fraction of sp³-hybridized carbons (Fsp3) is 0.133. The van der Waals surface area contributed by atoms with Crippen molar-refractivity contribution in [2.75, 3.05) is 0 Å². The summed E-state index contributed by atoms with van der Waals surface area (Å²) in [6, 6.07) is 13.1. The average molecular weight is 442 g/mol. The van der Waals surface area contributed by atoms with Gasteiger partial charge in [-0.25, -0.2) is 0 Å². The molecule has 0 N–H and O–H groups in total. The molecule has 3 aromatic rings. The van der Waals surface area contributed by atoms with Crippen molar-refractivity contribution in [3.8, 4) is 22.5 Å². The van der Waals surface area contributed by atoms with E-state index in [1.165, 1.54) is 5.56 Å². The smallest absolute Gasteiger partial charge is 0.0942 e. The van der Waals surface area contributed by atoms with Crippen LogP contribution in [0.25, 0.3) is 22.5 Å². The zero-order valence-electron chi connectivity index (χ0n) is 11.2. The van der Waals surface area contributed by atoms with Gasteiger partial charge in [0.25, 0.3) is 0 Å². The summed E-state index contributed by atoms with van der Waals surface area (Å²) in [5, 5.41) is 8.07. The van der Waals surface area contributed by atoms with Crippen molar-refractivity contribution >= 4 is 0 Å². The third-order valence-corrected chi connectivity index (χ3v) is 2.89. The second-order valence-corrected chi connectivity index (χ2v) is 4.49. The summed E-state index contributed by atoms with van der Waals surface area (Å²) in [5.74, 6) is 0. The van der Waals surface area contributed by atoms with Gasteiger partial charge in [-0.15, -0.1) is 34.9 Å². The van der Waals surface area contributed by atoms with Crippen LogP contribution >= 0.6 is 0 Å². The van der Waals surface area contributed by atoms with Crippen LogP contribution in [0.3, 0.4) is 0 Å². The Hall–Kier alpha value is -1.84. The number of aryl methyl sites for hydroxylation is 2. The van der Waals surface area contributed by atoms with Gasteiger partial charge in [0.2, 0.25) is 0 Å². The van der Waals surface area contributed by atoms with E-state index in [1.54, 1.807) is 4.68 Å². The summed E-state index contributed by atoms with van der Waals surface area (Å²) in [7, 11) is 1.86. The Balaban J connectivity index is 0.00000147. The molecule has 0 spiro atoms. The molecule has 0 unspecified atom stereocenters. The van der Waals surface area contributed by atoms with E-state index in [9.17, 15) is 0 Å². The molecular formula is C15H13IrN4-. The molecule has 0 saturated carbocycles. The predicted molar refractivity (Wildman–Crippen MR) is 73.2 cm³/mol. The minimum Gasteiger partial charge on any atom is -0.305 e. The van der Waals surface area contributed by atoms with E-state index in [0.29, 0.717) is 0 Å². The van der Waals surface area contributed by atoms with E-state index in [2.05, 4.69) is 28.3 Å². The maximum Gasteiger partial charge on any atom is 0.0942 e. The van der Waals surface area contributed by atoms with Gasteiger partial charge in [-0.2, -0.15) is 0 Å². The van der Waals surface area contributed by atoms with Gasteiger partial charge in [-0.05, 0) is 18.7 Å². The Bertz CT molecular complexity index is 721. The van der Waals surface area contributed by atoms with Gasteiger partial charge in [0.15, 0.2) is 0 Å².